The SMILES string of the molecule is CCC[C@@H](Nc1nc(Nc2ccc3cccnc3c2)c(C(N)=O)cc1F)C(N)=O. The number of halogens is 1. The van der Waals surface area contributed by atoms with Crippen molar-refractivity contribution >= 4 is 40.0 Å². The van der Waals surface area contributed by atoms with Crippen LogP contribution in [0.25, 0.3) is 10.9 Å². The molecule has 150 valence electrons. The smallest absolute Gasteiger partial charge is 0.252 e. The maximum Gasteiger partial charge on any atom is 0.252 e. The number of benzene rings is 1. The van der Waals surface area contributed by atoms with Crippen LogP contribution < -0.4 is 22.1 Å². The lowest BCUT2D eigenvalue weighted by atomic mass is 10.1. The number of nitrogens with one attached hydrogen (secondary N) is 2. The zero-order chi connectivity index (χ0) is 21.0. The van der Waals surface area contributed by atoms with Crippen LogP contribution in [0.5, 0.6) is 0 Å². The van der Waals surface area contributed by atoms with E-state index in [4.69, 9.17) is 11.5 Å². The first-order chi connectivity index (χ1) is 13.9. The van der Waals surface area contributed by atoms with Gasteiger partial charge in [0, 0.05) is 17.3 Å². The summed E-state index contributed by atoms with van der Waals surface area (Å²) < 4.78 is 14.5. The molecule has 2 aromatic heterocycles. The number of carbonyl (C=O) groups is 2. The number of pyridine rings is 2. The number of primary amides is 2. The second-order valence-corrected chi connectivity index (χ2v) is 6.50. The van der Waals surface area contributed by atoms with Crippen molar-refractivity contribution in [1.29, 1.82) is 0 Å². The highest BCUT2D eigenvalue weighted by molar-refractivity contribution is 5.99. The summed E-state index contributed by atoms with van der Waals surface area (Å²) >= 11 is 0. The topological polar surface area (TPSA) is 136 Å². The van der Waals surface area contributed by atoms with Crippen LogP contribution in [0.4, 0.5) is 21.7 Å². The third-order valence-corrected chi connectivity index (χ3v) is 4.34. The predicted molar refractivity (Wildman–Crippen MR) is 109 cm³/mol. The number of nitrogens with two attached hydrogens (primary N) is 2. The molecule has 0 aliphatic heterocycles. The van der Waals surface area contributed by atoms with Gasteiger partial charge in [-0.2, -0.15) is 0 Å². The summed E-state index contributed by atoms with van der Waals surface area (Å²) in [5, 5.41) is 6.61. The molecule has 29 heavy (non-hydrogen) atoms. The van der Waals surface area contributed by atoms with Gasteiger partial charge in [0.15, 0.2) is 11.6 Å². The molecule has 8 nitrogen and oxygen atoms in total. The lowest BCUT2D eigenvalue weighted by Crippen LogP contribution is -2.36. The van der Waals surface area contributed by atoms with Crippen molar-refractivity contribution in [2.24, 2.45) is 11.5 Å². The van der Waals surface area contributed by atoms with Gasteiger partial charge in [0.2, 0.25) is 5.91 Å². The summed E-state index contributed by atoms with van der Waals surface area (Å²) in [7, 11) is 0. The first-order valence-electron chi connectivity index (χ1n) is 9.07. The average Bonchev–Trinajstić information content (AvgIpc) is 2.69. The Bertz CT molecular complexity index is 1070. The Morgan fingerprint density at radius 1 is 1.17 bits per heavy atom. The molecule has 0 fully saturated rings. The van der Waals surface area contributed by atoms with Gasteiger partial charge < -0.3 is 22.1 Å². The molecule has 0 spiro atoms. The second kappa shape index (κ2) is 8.51. The Morgan fingerprint density at radius 2 is 1.97 bits per heavy atom. The van der Waals surface area contributed by atoms with E-state index < -0.39 is 23.7 Å². The highest BCUT2D eigenvalue weighted by Gasteiger charge is 2.20. The van der Waals surface area contributed by atoms with Crippen molar-refractivity contribution in [2.45, 2.75) is 25.8 Å². The summed E-state index contributed by atoms with van der Waals surface area (Å²) in [6, 6.07) is 9.31. The van der Waals surface area contributed by atoms with Crippen molar-refractivity contribution in [1.82, 2.24) is 9.97 Å². The molecule has 0 saturated heterocycles. The molecule has 2 amide bonds. The quantitative estimate of drug-likeness (QED) is 0.462. The highest BCUT2D eigenvalue weighted by Crippen LogP contribution is 2.26. The molecule has 0 unspecified atom stereocenters. The largest absolute Gasteiger partial charge is 0.368 e. The van der Waals surface area contributed by atoms with Crippen LogP contribution in [0.2, 0.25) is 0 Å². The fourth-order valence-corrected chi connectivity index (χ4v) is 2.89. The van der Waals surface area contributed by atoms with E-state index in [9.17, 15) is 14.0 Å². The maximum absolute atomic E-state index is 14.5. The Hall–Kier alpha value is -3.75. The minimum Gasteiger partial charge on any atom is -0.368 e. The van der Waals surface area contributed by atoms with Gasteiger partial charge in [-0.25, -0.2) is 9.37 Å². The van der Waals surface area contributed by atoms with Crippen molar-refractivity contribution in [2.75, 3.05) is 10.6 Å². The Morgan fingerprint density at radius 3 is 2.66 bits per heavy atom. The molecular formula is C20H21FN6O2. The van der Waals surface area contributed by atoms with Crippen LogP contribution in [0.15, 0.2) is 42.6 Å². The van der Waals surface area contributed by atoms with E-state index in [2.05, 4.69) is 20.6 Å². The number of anilines is 3. The van der Waals surface area contributed by atoms with Crippen LogP contribution in [0, 0.1) is 5.82 Å². The van der Waals surface area contributed by atoms with Gasteiger partial charge in [-0.1, -0.05) is 25.5 Å². The van der Waals surface area contributed by atoms with Gasteiger partial charge in [-0.05, 0) is 30.7 Å². The van der Waals surface area contributed by atoms with Crippen molar-refractivity contribution < 1.29 is 14.0 Å². The molecule has 1 aromatic carbocycles. The zero-order valence-corrected chi connectivity index (χ0v) is 15.8. The molecule has 3 aromatic rings. The van der Waals surface area contributed by atoms with Crippen molar-refractivity contribution in [3.8, 4) is 0 Å². The van der Waals surface area contributed by atoms with Crippen LogP contribution in [0.1, 0.15) is 30.1 Å². The molecule has 1 atom stereocenters. The number of hydrogen-bond acceptors (Lipinski definition) is 6. The lowest BCUT2D eigenvalue weighted by molar-refractivity contribution is -0.118. The average molecular weight is 396 g/mol. The summed E-state index contributed by atoms with van der Waals surface area (Å²) in [5.41, 5.74) is 11.9. The third kappa shape index (κ3) is 4.57. The van der Waals surface area contributed by atoms with Crippen molar-refractivity contribution in [3.63, 3.8) is 0 Å². The fourth-order valence-electron chi connectivity index (χ4n) is 2.89. The minimum atomic E-state index is -0.843. The second-order valence-electron chi connectivity index (χ2n) is 6.50. The molecule has 2 heterocycles. The maximum atomic E-state index is 14.5. The van der Waals surface area contributed by atoms with E-state index in [0.29, 0.717) is 18.5 Å². The highest BCUT2D eigenvalue weighted by atomic mass is 19.1. The Kier molecular flexibility index (Phi) is 5.87. The van der Waals surface area contributed by atoms with Gasteiger partial charge in [0.25, 0.3) is 5.91 Å². The Balaban J connectivity index is 1.98. The zero-order valence-electron chi connectivity index (χ0n) is 15.8. The monoisotopic (exact) mass is 396 g/mol. The number of aromatic nitrogens is 2. The third-order valence-electron chi connectivity index (χ3n) is 4.34. The molecule has 0 bridgehead atoms. The van der Waals surface area contributed by atoms with Crippen LogP contribution >= 0.6 is 0 Å². The molecule has 3 rings (SSSR count). The normalized spacial score (nSPS) is 11.8. The number of hydrogen-bond donors (Lipinski definition) is 4. The number of fused-ring (bicyclic) bond motifs is 1. The first kappa shape index (κ1) is 20.0. The summed E-state index contributed by atoms with van der Waals surface area (Å²) in [5.74, 6) is -2.43. The van der Waals surface area contributed by atoms with E-state index in [-0.39, 0.29) is 17.2 Å². The molecule has 0 aliphatic carbocycles. The molecule has 0 saturated carbocycles. The summed E-state index contributed by atoms with van der Waals surface area (Å²) in [4.78, 5) is 31.8. The van der Waals surface area contributed by atoms with Crippen LogP contribution in [-0.4, -0.2) is 27.8 Å². The standard InChI is InChI=1S/C20H21FN6O2/c1-2-4-15(18(23)29)26-20-14(21)10-13(17(22)28)19(27-20)25-12-7-6-11-5-3-8-24-16(11)9-12/h3,5-10,15H,2,4H2,1H3,(H2,22,28)(H2,23,29)(H2,25,26,27)/t15-/m1/s1. The van der Waals surface area contributed by atoms with Gasteiger partial charge in [-0.15, -0.1) is 0 Å². The fraction of sp³-hybridized carbons (Fsp3) is 0.200. The predicted octanol–water partition coefficient (Wildman–Crippen LogP) is 2.68. The first-order valence-corrected chi connectivity index (χ1v) is 9.07. The van der Waals surface area contributed by atoms with E-state index in [0.717, 1.165) is 17.0 Å². The van der Waals surface area contributed by atoms with Gasteiger partial charge in [-0.3, -0.25) is 14.6 Å². The van der Waals surface area contributed by atoms with E-state index in [1.54, 1.807) is 18.3 Å². The van der Waals surface area contributed by atoms with Crippen LogP contribution in [-0.2, 0) is 4.79 Å². The van der Waals surface area contributed by atoms with E-state index in [1.165, 1.54) is 0 Å². The van der Waals surface area contributed by atoms with Gasteiger partial charge >= 0.3 is 0 Å². The van der Waals surface area contributed by atoms with Crippen LogP contribution in [0.3, 0.4) is 0 Å². The van der Waals surface area contributed by atoms with E-state index >= 15 is 0 Å². The molecule has 0 radical (unpaired) electrons. The number of carbonyl (C=O) groups excluding carboxylic acids is 2. The molecule has 9 heteroatoms. The molecular weight excluding hydrogens is 375 g/mol. The Labute approximate surface area is 166 Å². The number of nitrogens with zero attached hydrogens (tertiary/aromatic N) is 2. The summed E-state index contributed by atoms with van der Waals surface area (Å²) in [6.45, 7) is 1.87. The van der Waals surface area contributed by atoms with Gasteiger partial charge in [0.1, 0.15) is 11.9 Å². The minimum absolute atomic E-state index is 0.0522. The molecule has 6 N–H and O–H groups in total. The van der Waals surface area contributed by atoms with Crippen molar-refractivity contribution in [3.05, 3.63) is 54.0 Å². The van der Waals surface area contributed by atoms with Gasteiger partial charge in [0.05, 0.1) is 11.1 Å². The number of rotatable bonds is 8. The lowest BCUT2D eigenvalue weighted by Gasteiger charge is -2.18. The molecule has 0 aliphatic rings. The summed E-state index contributed by atoms with van der Waals surface area (Å²) in [6.07, 6.45) is 2.74. The number of amides is 2. The van der Waals surface area contributed by atoms with E-state index in [1.807, 2.05) is 25.1 Å².